The van der Waals surface area contributed by atoms with Gasteiger partial charge in [0.1, 0.15) is 12.4 Å². The van der Waals surface area contributed by atoms with E-state index in [2.05, 4.69) is 4.98 Å². The van der Waals surface area contributed by atoms with Gasteiger partial charge in [0.15, 0.2) is 0 Å². The minimum Gasteiger partial charge on any atom is -0.489 e. The molecule has 1 aromatic heterocycles. The van der Waals surface area contributed by atoms with Crippen molar-refractivity contribution < 1.29 is 14.3 Å². The van der Waals surface area contributed by atoms with Gasteiger partial charge in [-0.15, -0.1) is 11.8 Å². The minimum absolute atomic E-state index is 0.00508. The number of aromatic amines is 1. The number of benzene rings is 3. The number of anilines is 1. The van der Waals surface area contributed by atoms with Crippen LogP contribution in [-0.2, 0) is 16.2 Å². The number of rotatable bonds is 5. The molecule has 3 heterocycles. The summed E-state index contributed by atoms with van der Waals surface area (Å²) in [7, 11) is 0. The summed E-state index contributed by atoms with van der Waals surface area (Å²) < 4.78 is 6.41. The molecule has 6 nitrogen and oxygen atoms in total. The van der Waals surface area contributed by atoms with Crippen LogP contribution in [0.4, 0.5) is 5.69 Å². The van der Waals surface area contributed by atoms with Gasteiger partial charge in [-0.3, -0.25) is 19.3 Å². The van der Waals surface area contributed by atoms with E-state index in [1.165, 1.54) is 16.2 Å². The van der Waals surface area contributed by atoms with Crippen molar-refractivity contribution >= 4 is 63.8 Å². The van der Waals surface area contributed by atoms with Crippen molar-refractivity contribution in [3.63, 3.8) is 0 Å². The number of fused-ring (bicyclic) bond motifs is 9. The quantitative estimate of drug-likeness (QED) is 0.230. The summed E-state index contributed by atoms with van der Waals surface area (Å²) in [5.74, 6) is -0.387. The molecule has 4 aromatic rings. The Morgan fingerprint density at radius 2 is 1.67 bits per heavy atom. The molecule has 218 valence electrons. The predicted molar refractivity (Wildman–Crippen MR) is 169 cm³/mol. The molecule has 2 saturated carbocycles. The zero-order chi connectivity index (χ0) is 29.6. The van der Waals surface area contributed by atoms with Gasteiger partial charge in [0.05, 0.1) is 22.5 Å². The topological polar surface area (TPSA) is 79.5 Å². The van der Waals surface area contributed by atoms with Crippen LogP contribution in [0.1, 0.15) is 33.9 Å². The first-order valence-electron chi connectivity index (χ1n) is 14.3. The smallest absolute Gasteiger partial charge is 0.305 e. The first kappa shape index (κ1) is 27.5. The highest BCUT2D eigenvalue weighted by Crippen LogP contribution is 2.69. The maximum atomic E-state index is 14.0. The number of carbonyl (C=O) groups excluding carboxylic acids is 2. The number of thiazole rings is 1. The number of hydrogen-bond acceptors (Lipinski definition) is 6. The number of hydrogen-bond donors (Lipinski definition) is 1. The molecule has 2 bridgehead atoms. The minimum atomic E-state index is -0.379. The highest BCUT2D eigenvalue weighted by Gasteiger charge is 2.69. The fourth-order valence-electron chi connectivity index (χ4n) is 7.99. The van der Waals surface area contributed by atoms with Crippen molar-refractivity contribution in [3.8, 4) is 5.75 Å². The second-order valence-electron chi connectivity index (χ2n) is 11.9. The Labute approximate surface area is 266 Å². The zero-order valence-electron chi connectivity index (χ0n) is 23.0. The fourth-order valence-corrected chi connectivity index (χ4v) is 11.3. The summed E-state index contributed by atoms with van der Waals surface area (Å²) >= 11 is 15.7. The van der Waals surface area contributed by atoms with Gasteiger partial charge in [0.25, 0.3) is 0 Å². The normalized spacial score (nSPS) is 28.6. The standard InChI is InChI=1S/C33H26Cl2N2O4S2/c1-15-5-8-19(9-6-15)37-31(38)26-21-13-22(27(26)32(37)39)28-25(21)24(29-30(42-28)36-33(40)43-29)20-12-18(35)7-10-23(20)41-14-16-3-2-4-17(34)11-16/h2-12,21-22,24-28H,13-14H2,1H3,(H,36,40)/t21?,22?,24-,25?,26?,27?,28?/m1/s1. The van der Waals surface area contributed by atoms with E-state index < -0.39 is 0 Å². The number of aromatic nitrogens is 1. The summed E-state index contributed by atoms with van der Waals surface area (Å²) in [4.78, 5) is 45.9. The van der Waals surface area contributed by atoms with Crippen LogP contribution in [0.5, 0.6) is 5.75 Å². The van der Waals surface area contributed by atoms with Crippen molar-refractivity contribution in [1.82, 2.24) is 4.98 Å². The van der Waals surface area contributed by atoms with Crippen LogP contribution in [0.2, 0.25) is 10.0 Å². The van der Waals surface area contributed by atoms with E-state index in [1.807, 2.05) is 73.7 Å². The third-order valence-corrected chi connectivity index (χ3v) is 12.7. The lowest BCUT2D eigenvalue weighted by molar-refractivity contribution is -0.123. The molecule has 1 saturated heterocycles. The van der Waals surface area contributed by atoms with Gasteiger partial charge in [0, 0.05) is 31.7 Å². The Morgan fingerprint density at radius 1 is 0.930 bits per heavy atom. The van der Waals surface area contributed by atoms with Gasteiger partial charge in [-0.1, -0.05) is 64.4 Å². The number of nitrogens with zero attached hydrogens (tertiary/aromatic N) is 1. The molecule has 8 rings (SSSR count). The maximum absolute atomic E-state index is 14.0. The maximum Gasteiger partial charge on any atom is 0.305 e. The van der Waals surface area contributed by atoms with E-state index >= 15 is 0 Å². The average molecular weight is 650 g/mol. The molecular formula is C33H26Cl2N2O4S2. The van der Waals surface area contributed by atoms with Crippen molar-refractivity contribution in [2.24, 2.45) is 29.6 Å². The van der Waals surface area contributed by atoms with Crippen LogP contribution in [0.3, 0.4) is 0 Å². The number of carbonyl (C=O) groups is 2. The second kappa shape index (κ2) is 10.3. The molecule has 1 N–H and O–H groups in total. The number of nitrogens with one attached hydrogen (secondary N) is 1. The van der Waals surface area contributed by atoms with Gasteiger partial charge >= 0.3 is 4.87 Å². The molecular weight excluding hydrogens is 623 g/mol. The number of ether oxygens (including phenoxy) is 1. The second-order valence-corrected chi connectivity index (χ2v) is 15.0. The van der Waals surface area contributed by atoms with Crippen LogP contribution in [0.15, 0.2) is 76.6 Å². The summed E-state index contributed by atoms with van der Waals surface area (Å²) in [6.45, 7) is 2.30. The molecule has 7 atom stereocenters. The van der Waals surface area contributed by atoms with E-state index in [4.69, 9.17) is 27.9 Å². The molecule has 2 aliphatic heterocycles. The summed E-state index contributed by atoms with van der Waals surface area (Å²) in [5, 5.41) is 2.13. The Kier molecular flexibility index (Phi) is 6.56. The summed E-state index contributed by atoms with van der Waals surface area (Å²) in [6.07, 6.45) is 0.811. The Morgan fingerprint density at radius 3 is 2.44 bits per heavy atom. The van der Waals surface area contributed by atoms with Crippen molar-refractivity contribution in [2.75, 3.05) is 4.90 Å². The summed E-state index contributed by atoms with van der Waals surface area (Å²) in [6, 6.07) is 20.8. The third kappa shape index (κ3) is 4.32. The van der Waals surface area contributed by atoms with Crippen LogP contribution >= 0.6 is 46.3 Å². The third-order valence-electron chi connectivity index (χ3n) is 9.61. The Hall–Kier alpha value is -3.04. The number of H-pyrrole nitrogens is 1. The highest BCUT2D eigenvalue weighted by atomic mass is 35.5. The Bertz CT molecular complexity index is 1850. The molecule has 6 unspecified atom stereocenters. The van der Waals surface area contributed by atoms with Crippen molar-refractivity contribution in [1.29, 1.82) is 0 Å². The van der Waals surface area contributed by atoms with Gasteiger partial charge < -0.3 is 9.72 Å². The number of halogens is 2. The van der Waals surface area contributed by atoms with Gasteiger partial charge in [-0.2, -0.15) is 0 Å². The number of amides is 2. The lowest BCUT2D eigenvalue weighted by Crippen LogP contribution is -2.42. The predicted octanol–water partition coefficient (Wildman–Crippen LogP) is 7.31. The first-order valence-corrected chi connectivity index (χ1v) is 16.7. The number of aryl methyl sites for hydroxylation is 1. The van der Waals surface area contributed by atoms with E-state index in [0.717, 1.165) is 33.0 Å². The molecule has 4 aliphatic rings. The van der Waals surface area contributed by atoms with Gasteiger partial charge in [-0.25, -0.2) is 0 Å². The lowest BCUT2D eigenvalue weighted by Gasteiger charge is -2.43. The summed E-state index contributed by atoms with van der Waals surface area (Å²) in [5.41, 5.74) is 3.55. The molecule has 0 spiro atoms. The number of imide groups is 1. The van der Waals surface area contributed by atoms with E-state index in [9.17, 15) is 14.4 Å². The van der Waals surface area contributed by atoms with Gasteiger partial charge in [-0.05, 0) is 79.1 Å². The molecule has 2 amide bonds. The molecule has 3 fully saturated rings. The first-order chi connectivity index (χ1) is 20.8. The molecule has 10 heteroatoms. The van der Waals surface area contributed by atoms with E-state index in [1.54, 1.807) is 11.8 Å². The zero-order valence-corrected chi connectivity index (χ0v) is 26.1. The number of thioether (sulfide) groups is 1. The molecule has 43 heavy (non-hydrogen) atoms. The average Bonchev–Trinajstić information content (AvgIpc) is 3.72. The van der Waals surface area contributed by atoms with Crippen LogP contribution in [-0.4, -0.2) is 22.0 Å². The van der Waals surface area contributed by atoms with E-state index in [0.29, 0.717) is 28.1 Å². The molecule has 3 aromatic carbocycles. The lowest BCUT2D eigenvalue weighted by atomic mass is 9.68. The SMILES string of the molecule is Cc1ccc(N2C(=O)C3C4CC(C3C2=O)C2C4Sc3[nH]c(=O)sc3[C@@H]2c2cc(Cl)ccc2OCc2cccc(Cl)c2)cc1. The monoisotopic (exact) mass is 648 g/mol. The fraction of sp³-hybridized carbons (Fsp3) is 0.303. The molecule has 2 aliphatic carbocycles. The van der Waals surface area contributed by atoms with Crippen molar-refractivity contribution in [3.05, 3.63) is 108 Å². The van der Waals surface area contributed by atoms with Crippen LogP contribution in [0, 0.1) is 36.5 Å². The Balaban J connectivity index is 1.20. The van der Waals surface area contributed by atoms with Crippen LogP contribution < -0.4 is 14.5 Å². The highest BCUT2D eigenvalue weighted by molar-refractivity contribution is 8.00. The van der Waals surface area contributed by atoms with E-state index in [-0.39, 0.29) is 57.4 Å². The van der Waals surface area contributed by atoms with Crippen LogP contribution in [0.25, 0.3) is 0 Å². The van der Waals surface area contributed by atoms with Gasteiger partial charge in [0.2, 0.25) is 11.8 Å². The van der Waals surface area contributed by atoms with Crippen molar-refractivity contribution in [2.45, 2.75) is 36.1 Å². The largest absolute Gasteiger partial charge is 0.489 e. The molecule has 0 radical (unpaired) electrons.